The van der Waals surface area contributed by atoms with Crippen LogP contribution in [-0.2, 0) is 0 Å². The fourth-order valence-corrected chi connectivity index (χ4v) is 4.52. The van der Waals surface area contributed by atoms with E-state index in [1.54, 1.807) is 0 Å². The maximum atomic E-state index is 6.09. The summed E-state index contributed by atoms with van der Waals surface area (Å²) in [6, 6.07) is 19.5. The number of aromatic nitrogens is 1. The van der Waals surface area contributed by atoms with Crippen molar-refractivity contribution in [2.24, 2.45) is 17.8 Å². The van der Waals surface area contributed by atoms with Crippen molar-refractivity contribution in [1.82, 2.24) is 9.88 Å². The molecule has 27 heavy (non-hydrogen) atoms. The van der Waals surface area contributed by atoms with Crippen LogP contribution in [0.4, 0.5) is 0 Å². The van der Waals surface area contributed by atoms with Crippen LogP contribution in [0.3, 0.4) is 0 Å². The molecule has 1 saturated heterocycles. The molecular formula is C24H26N2O. The van der Waals surface area contributed by atoms with Crippen LogP contribution in [0.2, 0.25) is 0 Å². The van der Waals surface area contributed by atoms with Gasteiger partial charge < -0.3 is 9.64 Å². The van der Waals surface area contributed by atoms with Gasteiger partial charge in [-0.1, -0.05) is 30.3 Å². The fraction of sp³-hybridized carbons (Fsp3) is 0.375. The number of rotatable bonds is 5. The fourth-order valence-electron chi connectivity index (χ4n) is 4.52. The molecule has 0 amide bonds. The van der Waals surface area contributed by atoms with E-state index in [2.05, 4.69) is 66.2 Å². The van der Waals surface area contributed by atoms with Gasteiger partial charge in [-0.3, -0.25) is 4.98 Å². The van der Waals surface area contributed by atoms with Crippen molar-refractivity contribution in [3.8, 4) is 16.9 Å². The van der Waals surface area contributed by atoms with E-state index >= 15 is 0 Å². The maximum absolute atomic E-state index is 6.09. The Morgan fingerprint density at radius 3 is 2.48 bits per heavy atom. The van der Waals surface area contributed by atoms with Gasteiger partial charge in [0.2, 0.25) is 0 Å². The molecule has 0 N–H and O–H groups in total. The first kappa shape index (κ1) is 16.8. The van der Waals surface area contributed by atoms with Gasteiger partial charge in [0.05, 0.1) is 12.1 Å². The summed E-state index contributed by atoms with van der Waals surface area (Å²) in [5, 5.41) is 1.17. The normalized spacial score (nSPS) is 24.3. The first-order valence-electron chi connectivity index (χ1n) is 10.0. The highest BCUT2D eigenvalue weighted by atomic mass is 16.5. The number of likely N-dealkylation sites (tertiary alicyclic amines) is 1. The van der Waals surface area contributed by atoms with E-state index in [4.69, 9.17) is 4.74 Å². The minimum Gasteiger partial charge on any atom is -0.493 e. The maximum Gasteiger partial charge on any atom is 0.119 e. The average molecular weight is 358 g/mol. The lowest BCUT2D eigenvalue weighted by molar-refractivity contribution is 0.206. The molecule has 3 aromatic rings. The average Bonchev–Trinajstić information content (AvgIpc) is 3.14. The Bertz CT molecular complexity index is 938. The van der Waals surface area contributed by atoms with E-state index in [1.807, 2.05) is 18.3 Å². The summed E-state index contributed by atoms with van der Waals surface area (Å²) in [6.45, 7) is 7.96. The van der Waals surface area contributed by atoms with Crippen LogP contribution >= 0.6 is 0 Å². The summed E-state index contributed by atoms with van der Waals surface area (Å²) in [6.07, 6.45) is 1.95. The highest BCUT2D eigenvalue weighted by molar-refractivity contribution is 5.83. The molecule has 2 aliphatic rings. The highest BCUT2D eigenvalue weighted by Crippen LogP contribution is 2.52. The number of ether oxygens (including phenoxy) is 1. The van der Waals surface area contributed by atoms with Gasteiger partial charge in [0.25, 0.3) is 0 Å². The zero-order valence-corrected chi connectivity index (χ0v) is 16.0. The number of hydrogen-bond donors (Lipinski definition) is 0. The second-order valence-electron chi connectivity index (χ2n) is 8.29. The molecule has 1 unspecified atom stereocenters. The number of nitrogens with zero attached hydrogens (tertiary/aromatic N) is 2. The molecule has 3 heteroatoms. The third-order valence-electron chi connectivity index (χ3n) is 6.35. The van der Waals surface area contributed by atoms with Gasteiger partial charge in [-0.2, -0.15) is 0 Å². The number of piperidine rings is 1. The van der Waals surface area contributed by atoms with E-state index in [1.165, 1.54) is 24.0 Å². The number of pyridine rings is 1. The molecule has 0 radical (unpaired) electrons. The van der Waals surface area contributed by atoms with E-state index in [0.29, 0.717) is 6.04 Å². The monoisotopic (exact) mass is 358 g/mol. The van der Waals surface area contributed by atoms with Crippen LogP contribution in [0.25, 0.3) is 22.0 Å². The van der Waals surface area contributed by atoms with Crippen LogP contribution in [0.5, 0.6) is 5.75 Å². The zero-order chi connectivity index (χ0) is 18.4. The van der Waals surface area contributed by atoms with Crippen molar-refractivity contribution in [2.75, 3.05) is 19.7 Å². The Balaban J connectivity index is 1.21. The van der Waals surface area contributed by atoms with Crippen molar-refractivity contribution in [3.63, 3.8) is 0 Å². The molecule has 138 valence electrons. The molecule has 1 saturated carbocycles. The van der Waals surface area contributed by atoms with Gasteiger partial charge in [0.15, 0.2) is 0 Å². The lowest BCUT2D eigenvalue weighted by Crippen LogP contribution is -2.31. The Morgan fingerprint density at radius 2 is 1.74 bits per heavy atom. The third-order valence-corrected chi connectivity index (χ3v) is 6.35. The van der Waals surface area contributed by atoms with Crippen molar-refractivity contribution in [3.05, 3.63) is 60.8 Å². The summed E-state index contributed by atoms with van der Waals surface area (Å²) in [7, 11) is 0. The molecule has 1 aliphatic heterocycles. The standard InChI is InChI=1S/C24H26N2O/c1-16(2)26-13-21-22(14-26)23(21)15-27-20-9-7-17(8-10-20)19-11-18-5-3-4-6-24(18)25-12-19/h3-12,16,21-23H,13-15H2,1-2H3/t21-,22+,23?. The molecule has 1 aliphatic carbocycles. The van der Waals surface area contributed by atoms with Gasteiger partial charge in [-0.05, 0) is 55.5 Å². The van der Waals surface area contributed by atoms with E-state index < -0.39 is 0 Å². The Labute approximate surface area is 161 Å². The van der Waals surface area contributed by atoms with E-state index in [9.17, 15) is 0 Å². The summed E-state index contributed by atoms with van der Waals surface area (Å²) < 4.78 is 6.09. The first-order valence-corrected chi connectivity index (χ1v) is 10.0. The van der Waals surface area contributed by atoms with Gasteiger partial charge in [-0.15, -0.1) is 0 Å². The molecule has 0 spiro atoms. The number of benzene rings is 2. The molecular weight excluding hydrogens is 332 g/mol. The number of hydrogen-bond acceptors (Lipinski definition) is 3. The van der Waals surface area contributed by atoms with Crippen molar-refractivity contribution in [2.45, 2.75) is 19.9 Å². The lowest BCUT2D eigenvalue weighted by atomic mass is 10.1. The summed E-state index contributed by atoms with van der Waals surface area (Å²) in [5.74, 6) is 3.44. The highest BCUT2D eigenvalue weighted by Gasteiger charge is 2.56. The molecule has 5 rings (SSSR count). The van der Waals surface area contributed by atoms with Crippen LogP contribution in [-0.4, -0.2) is 35.6 Å². The predicted octanol–water partition coefficient (Wildman–Crippen LogP) is 4.87. The summed E-state index contributed by atoms with van der Waals surface area (Å²) in [4.78, 5) is 7.16. The Hall–Kier alpha value is -2.39. The summed E-state index contributed by atoms with van der Waals surface area (Å²) >= 11 is 0. The van der Waals surface area contributed by atoms with Crippen molar-refractivity contribution >= 4 is 10.9 Å². The lowest BCUT2D eigenvalue weighted by Gasteiger charge is -2.23. The van der Waals surface area contributed by atoms with Gasteiger partial charge in [0.1, 0.15) is 5.75 Å². The van der Waals surface area contributed by atoms with Crippen LogP contribution in [0.15, 0.2) is 60.8 Å². The zero-order valence-electron chi connectivity index (χ0n) is 16.0. The van der Waals surface area contributed by atoms with Gasteiger partial charge in [-0.25, -0.2) is 0 Å². The van der Waals surface area contributed by atoms with E-state index in [0.717, 1.165) is 41.2 Å². The summed E-state index contributed by atoms with van der Waals surface area (Å²) in [5.41, 5.74) is 3.36. The minimum atomic E-state index is 0.677. The van der Waals surface area contributed by atoms with Crippen molar-refractivity contribution < 1.29 is 4.74 Å². The molecule has 3 atom stereocenters. The first-order chi connectivity index (χ1) is 13.2. The smallest absolute Gasteiger partial charge is 0.119 e. The predicted molar refractivity (Wildman–Crippen MR) is 110 cm³/mol. The second-order valence-corrected chi connectivity index (χ2v) is 8.29. The molecule has 2 aromatic carbocycles. The van der Waals surface area contributed by atoms with Gasteiger partial charge >= 0.3 is 0 Å². The Morgan fingerprint density at radius 1 is 1.00 bits per heavy atom. The van der Waals surface area contributed by atoms with E-state index in [-0.39, 0.29) is 0 Å². The minimum absolute atomic E-state index is 0.677. The van der Waals surface area contributed by atoms with Crippen LogP contribution in [0.1, 0.15) is 13.8 Å². The molecule has 3 nitrogen and oxygen atoms in total. The van der Waals surface area contributed by atoms with Crippen molar-refractivity contribution in [1.29, 1.82) is 0 Å². The molecule has 2 heterocycles. The second kappa shape index (κ2) is 6.65. The number of para-hydroxylation sites is 1. The number of fused-ring (bicyclic) bond motifs is 2. The molecule has 1 aromatic heterocycles. The molecule has 2 fully saturated rings. The third kappa shape index (κ3) is 3.21. The topological polar surface area (TPSA) is 25.4 Å². The van der Waals surface area contributed by atoms with Crippen LogP contribution in [0, 0.1) is 17.8 Å². The van der Waals surface area contributed by atoms with Gasteiger partial charge in [0, 0.05) is 42.2 Å². The molecule has 0 bridgehead atoms. The quantitative estimate of drug-likeness (QED) is 0.651. The SMILES string of the molecule is CC(C)N1C[C@@H]2C(COc3ccc(-c4cnc5ccccc5c4)cc3)[C@@H]2C1. The Kier molecular flexibility index (Phi) is 4.13. The van der Waals surface area contributed by atoms with Crippen LogP contribution < -0.4 is 4.74 Å². The largest absolute Gasteiger partial charge is 0.493 e.